The fraction of sp³-hybridized carbons (Fsp3) is 0.824. The number of carbonyl (C=O) groups excluding carboxylic acids is 2. The Morgan fingerprint density at radius 2 is 1.83 bits per heavy atom. The molecule has 138 valence electrons. The zero-order valence-corrected chi connectivity index (χ0v) is 15.0. The van der Waals surface area contributed by atoms with Gasteiger partial charge >= 0.3 is 5.97 Å². The van der Waals surface area contributed by atoms with Crippen LogP contribution in [0.3, 0.4) is 0 Å². The molecule has 0 unspecified atom stereocenters. The highest BCUT2D eigenvalue weighted by Crippen LogP contribution is 2.39. The standard InChI is InChI=1S/C17H30N2O5/c1-5-11(6-2)15(19-10(3)20)12-7-8-13(17(22)23)16(12)24-9-14(21)18-4/h11-13,15-16H,5-9H2,1-4H3,(H,18,21)(H,19,20)(H,22,23)/t12-,13+,15-,16+/m1/s1. The molecule has 0 heterocycles. The molecule has 2 amide bonds. The maximum Gasteiger partial charge on any atom is 0.309 e. The van der Waals surface area contributed by atoms with E-state index >= 15 is 0 Å². The van der Waals surface area contributed by atoms with Gasteiger partial charge in [0.2, 0.25) is 11.8 Å². The van der Waals surface area contributed by atoms with Gasteiger partial charge in [0.05, 0.1) is 12.0 Å². The number of aliphatic carboxylic acids is 1. The van der Waals surface area contributed by atoms with Gasteiger partial charge in [0.15, 0.2) is 0 Å². The molecule has 1 fully saturated rings. The first-order chi connectivity index (χ1) is 11.3. The maximum absolute atomic E-state index is 11.6. The second-order valence-corrected chi connectivity index (χ2v) is 6.44. The van der Waals surface area contributed by atoms with E-state index in [-0.39, 0.29) is 36.3 Å². The van der Waals surface area contributed by atoms with Crippen LogP contribution < -0.4 is 10.6 Å². The average molecular weight is 342 g/mol. The van der Waals surface area contributed by atoms with Gasteiger partial charge in [-0.2, -0.15) is 0 Å². The van der Waals surface area contributed by atoms with Crippen molar-refractivity contribution in [2.24, 2.45) is 17.8 Å². The Labute approximate surface area is 143 Å². The molecule has 1 aliphatic rings. The summed E-state index contributed by atoms with van der Waals surface area (Å²) < 4.78 is 5.70. The van der Waals surface area contributed by atoms with Crippen LogP contribution in [0.4, 0.5) is 0 Å². The van der Waals surface area contributed by atoms with Gasteiger partial charge in [-0.3, -0.25) is 14.4 Å². The van der Waals surface area contributed by atoms with Crippen molar-refractivity contribution in [1.82, 2.24) is 10.6 Å². The molecule has 0 aromatic heterocycles. The van der Waals surface area contributed by atoms with Crippen molar-refractivity contribution in [1.29, 1.82) is 0 Å². The minimum absolute atomic E-state index is 0.107. The molecule has 7 heteroatoms. The van der Waals surface area contributed by atoms with E-state index in [0.717, 1.165) is 12.8 Å². The van der Waals surface area contributed by atoms with Crippen LogP contribution in [-0.2, 0) is 19.1 Å². The topological polar surface area (TPSA) is 105 Å². The van der Waals surface area contributed by atoms with Gasteiger partial charge in [-0.05, 0) is 18.8 Å². The number of ether oxygens (including phenoxy) is 1. The summed E-state index contributed by atoms with van der Waals surface area (Å²) in [5, 5.41) is 14.9. The third kappa shape index (κ3) is 5.19. The number of carboxylic acid groups (broad SMARTS) is 1. The number of hydrogen-bond donors (Lipinski definition) is 3. The average Bonchev–Trinajstić information content (AvgIpc) is 2.96. The molecule has 7 nitrogen and oxygen atoms in total. The van der Waals surface area contributed by atoms with Gasteiger partial charge in [-0.25, -0.2) is 0 Å². The van der Waals surface area contributed by atoms with Crippen molar-refractivity contribution in [3.05, 3.63) is 0 Å². The molecule has 0 saturated heterocycles. The molecule has 0 spiro atoms. The monoisotopic (exact) mass is 342 g/mol. The van der Waals surface area contributed by atoms with Crippen LogP contribution in [0.1, 0.15) is 46.5 Å². The third-order valence-corrected chi connectivity index (χ3v) is 5.02. The molecule has 0 bridgehead atoms. The number of rotatable bonds is 9. The Morgan fingerprint density at radius 3 is 2.29 bits per heavy atom. The van der Waals surface area contributed by atoms with Crippen LogP contribution >= 0.6 is 0 Å². The summed E-state index contributed by atoms with van der Waals surface area (Å²) >= 11 is 0. The van der Waals surface area contributed by atoms with Gasteiger partial charge in [0.25, 0.3) is 0 Å². The normalized spacial score (nSPS) is 24.6. The lowest BCUT2D eigenvalue weighted by atomic mass is 9.82. The van der Waals surface area contributed by atoms with Crippen LogP contribution in [0.5, 0.6) is 0 Å². The first-order valence-electron chi connectivity index (χ1n) is 8.67. The van der Waals surface area contributed by atoms with Crippen molar-refractivity contribution in [3.63, 3.8) is 0 Å². The molecule has 0 aliphatic heterocycles. The first-order valence-corrected chi connectivity index (χ1v) is 8.67. The Morgan fingerprint density at radius 1 is 1.21 bits per heavy atom. The zero-order valence-electron chi connectivity index (χ0n) is 15.0. The van der Waals surface area contributed by atoms with E-state index in [9.17, 15) is 19.5 Å². The van der Waals surface area contributed by atoms with E-state index < -0.39 is 18.0 Å². The van der Waals surface area contributed by atoms with E-state index in [1.807, 2.05) is 0 Å². The number of amides is 2. The SMILES string of the molecule is CCC(CC)[C@@H](NC(C)=O)[C@H]1CC[C@H](C(=O)O)[C@H]1OCC(=O)NC. The summed E-state index contributed by atoms with van der Waals surface area (Å²) in [5.41, 5.74) is 0. The lowest BCUT2D eigenvalue weighted by Crippen LogP contribution is -2.49. The Balaban J connectivity index is 3.01. The summed E-state index contributed by atoms with van der Waals surface area (Å²) in [6.45, 7) is 5.43. The molecule has 3 N–H and O–H groups in total. The molecule has 24 heavy (non-hydrogen) atoms. The lowest BCUT2D eigenvalue weighted by molar-refractivity contribution is -0.149. The Bertz CT molecular complexity index is 450. The van der Waals surface area contributed by atoms with Gasteiger partial charge in [-0.1, -0.05) is 26.7 Å². The summed E-state index contributed by atoms with van der Waals surface area (Å²) in [7, 11) is 1.51. The number of likely N-dealkylation sites (N-methyl/N-ethyl adjacent to an activating group) is 1. The van der Waals surface area contributed by atoms with Gasteiger partial charge in [0, 0.05) is 25.9 Å². The van der Waals surface area contributed by atoms with Gasteiger partial charge in [0.1, 0.15) is 6.61 Å². The second kappa shape index (κ2) is 9.61. The van der Waals surface area contributed by atoms with Crippen molar-refractivity contribution >= 4 is 17.8 Å². The van der Waals surface area contributed by atoms with E-state index in [2.05, 4.69) is 24.5 Å². The summed E-state index contributed by atoms with van der Waals surface area (Å²) in [6, 6.07) is -0.142. The fourth-order valence-corrected chi connectivity index (χ4v) is 3.74. The summed E-state index contributed by atoms with van der Waals surface area (Å²) in [5.74, 6) is -1.84. The van der Waals surface area contributed by atoms with Crippen molar-refractivity contribution in [3.8, 4) is 0 Å². The van der Waals surface area contributed by atoms with Crippen LogP contribution in [0.15, 0.2) is 0 Å². The number of nitrogens with one attached hydrogen (secondary N) is 2. The lowest BCUT2D eigenvalue weighted by Gasteiger charge is -2.35. The quantitative estimate of drug-likeness (QED) is 0.583. The third-order valence-electron chi connectivity index (χ3n) is 5.02. The second-order valence-electron chi connectivity index (χ2n) is 6.44. The molecule has 1 aliphatic carbocycles. The van der Waals surface area contributed by atoms with Crippen LogP contribution in [-0.4, -0.2) is 48.7 Å². The molecule has 0 aromatic rings. The van der Waals surface area contributed by atoms with Gasteiger partial charge < -0.3 is 20.5 Å². The minimum atomic E-state index is -0.912. The largest absolute Gasteiger partial charge is 0.481 e. The van der Waals surface area contributed by atoms with Crippen molar-refractivity contribution < 1.29 is 24.2 Å². The van der Waals surface area contributed by atoms with Crippen LogP contribution in [0.25, 0.3) is 0 Å². The van der Waals surface area contributed by atoms with Crippen molar-refractivity contribution in [2.45, 2.75) is 58.6 Å². The summed E-state index contributed by atoms with van der Waals surface area (Å²) in [4.78, 5) is 34.7. The highest BCUT2D eigenvalue weighted by Gasteiger charge is 2.46. The smallest absolute Gasteiger partial charge is 0.309 e. The van der Waals surface area contributed by atoms with E-state index in [1.165, 1.54) is 14.0 Å². The Kier molecular flexibility index (Phi) is 8.18. The predicted octanol–water partition coefficient (Wildman–Crippen LogP) is 1.17. The number of carboxylic acids is 1. The molecule has 1 rings (SSSR count). The van der Waals surface area contributed by atoms with Crippen LogP contribution in [0.2, 0.25) is 0 Å². The van der Waals surface area contributed by atoms with E-state index in [4.69, 9.17) is 4.74 Å². The van der Waals surface area contributed by atoms with E-state index in [0.29, 0.717) is 12.8 Å². The minimum Gasteiger partial charge on any atom is -0.481 e. The van der Waals surface area contributed by atoms with E-state index in [1.54, 1.807) is 0 Å². The summed E-state index contributed by atoms with van der Waals surface area (Å²) in [6.07, 6.45) is 2.36. The first kappa shape index (κ1) is 20.4. The zero-order chi connectivity index (χ0) is 18.3. The maximum atomic E-state index is 11.6. The van der Waals surface area contributed by atoms with Crippen molar-refractivity contribution in [2.75, 3.05) is 13.7 Å². The fourth-order valence-electron chi connectivity index (χ4n) is 3.74. The predicted molar refractivity (Wildman–Crippen MR) is 89.3 cm³/mol. The molecular formula is C17H30N2O5. The molecular weight excluding hydrogens is 312 g/mol. The highest BCUT2D eigenvalue weighted by molar-refractivity contribution is 5.77. The molecule has 1 saturated carbocycles. The molecule has 0 radical (unpaired) electrons. The van der Waals surface area contributed by atoms with Gasteiger partial charge in [-0.15, -0.1) is 0 Å². The van der Waals surface area contributed by atoms with Crippen LogP contribution in [0, 0.1) is 17.8 Å². The highest BCUT2D eigenvalue weighted by atomic mass is 16.5. The number of hydrogen-bond acceptors (Lipinski definition) is 4. The number of carbonyl (C=O) groups is 3. The Hall–Kier alpha value is -1.63. The molecule has 0 aromatic carbocycles. The molecule has 4 atom stereocenters.